The molecule has 0 unspecified atom stereocenters. The fourth-order valence-corrected chi connectivity index (χ4v) is 2.96. The van der Waals surface area contributed by atoms with E-state index in [9.17, 15) is 13.2 Å². The predicted octanol–water partition coefficient (Wildman–Crippen LogP) is 3.52. The number of halogens is 4. The van der Waals surface area contributed by atoms with Gasteiger partial charge in [0.25, 0.3) is 0 Å². The number of hydrogen-bond donors (Lipinski definition) is 1. The van der Waals surface area contributed by atoms with Gasteiger partial charge in [-0.25, -0.2) is 4.98 Å². The number of hydrogen-bond acceptors (Lipinski definition) is 2. The summed E-state index contributed by atoms with van der Waals surface area (Å²) < 4.78 is 37.6. The normalized spacial score (nSPS) is 20.9. The van der Waals surface area contributed by atoms with Gasteiger partial charge in [0, 0.05) is 18.5 Å². The largest absolute Gasteiger partial charge is 0.419 e. The topological polar surface area (TPSA) is 24.9 Å². The first-order valence-corrected chi connectivity index (χ1v) is 6.40. The minimum Gasteiger partial charge on any atom is -0.315 e. The van der Waals surface area contributed by atoms with Gasteiger partial charge in [0.15, 0.2) is 0 Å². The Hall–Kier alpha value is -1.07. The van der Waals surface area contributed by atoms with Crippen molar-refractivity contribution in [3.05, 3.63) is 34.1 Å². The average molecular weight is 289 g/mol. The standard InChI is InChI=1S/C13H12ClF3N2/c14-11-10(13(15,16)17)2-1-9(19-11)3-8-4-12(5-8)6-18-7-12/h1-3,18H,4-7H2. The molecule has 1 aliphatic heterocycles. The molecule has 1 saturated heterocycles. The SMILES string of the molecule is FC(F)(F)c1ccc(C=C2CC3(CNC3)C2)nc1Cl. The van der Waals surface area contributed by atoms with Gasteiger partial charge in [-0.15, -0.1) is 0 Å². The van der Waals surface area contributed by atoms with Crippen LogP contribution in [0, 0.1) is 5.41 Å². The van der Waals surface area contributed by atoms with E-state index in [0.717, 1.165) is 32.0 Å². The van der Waals surface area contributed by atoms with Gasteiger partial charge >= 0.3 is 6.18 Å². The number of rotatable bonds is 1. The molecule has 19 heavy (non-hydrogen) atoms. The second-order valence-corrected chi connectivity index (χ2v) is 5.69. The van der Waals surface area contributed by atoms with E-state index in [1.807, 2.05) is 6.08 Å². The maximum absolute atomic E-state index is 12.5. The van der Waals surface area contributed by atoms with Crippen LogP contribution in [0.1, 0.15) is 24.1 Å². The lowest BCUT2D eigenvalue weighted by molar-refractivity contribution is -0.137. The summed E-state index contributed by atoms with van der Waals surface area (Å²) in [5.41, 5.74) is 1.24. The Bertz CT molecular complexity index is 537. The number of allylic oxidation sites excluding steroid dienone is 1. The van der Waals surface area contributed by atoms with Gasteiger partial charge in [0.1, 0.15) is 5.15 Å². The summed E-state index contributed by atoms with van der Waals surface area (Å²) in [4.78, 5) is 3.81. The summed E-state index contributed by atoms with van der Waals surface area (Å²) >= 11 is 5.58. The molecule has 0 amide bonds. The number of alkyl halides is 3. The van der Waals surface area contributed by atoms with Crippen molar-refractivity contribution < 1.29 is 13.2 Å². The first-order chi connectivity index (χ1) is 8.88. The highest BCUT2D eigenvalue weighted by atomic mass is 35.5. The monoisotopic (exact) mass is 288 g/mol. The lowest BCUT2D eigenvalue weighted by Crippen LogP contribution is -2.57. The molecule has 2 heterocycles. The minimum absolute atomic E-state index is 0.404. The van der Waals surface area contributed by atoms with Gasteiger partial charge in [-0.2, -0.15) is 13.2 Å². The smallest absolute Gasteiger partial charge is 0.315 e. The van der Waals surface area contributed by atoms with Gasteiger partial charge in [0.05, 0.1) is 11.3 Å². The van der Waals surface area contributed by atoms with E-state index in [0.29, 0.717) is 11.1 Å². The summed E-state index contributed by atoms with van der Waals surface area (Å²) in [6.07, 6.45) is -0.607. The summed E-state index contributed by atoms with van der Waals surface area (Å²) in [6.45, 7) is 2.07. The molecule has 2 fully saturated rings. The van der Waals surface area contributed by atoms with Crippen molar-refractivity contribution in [3.63, 3.8) is 0 Å². The van der Waals surface area contributed by atoms with Gasteiger partial charge < -0.3 is 5.32 Å². The van der Waals surface area contributed by atoms with Crippen LogP contribution in [-0.2, 0) is 6.18 Å². The van der Waals surface area contributed by atoms with Crippen LogP contribution in [0.4, 0.5) is 13.2 Å². The maximum Gasteiger partial charge on any atom is 0.419 e. The number of pyridine rings is 1. The van der Waals surface area contributed by atoms with E-state index in [2.05, 4.69) is 10.3 Å². The summed E-state index contributed by atoms with van der Waals surface area (Å²) in [5, 5.41) is 2.75. The number of nitrogens with zero attached hydrogens (tertiary/aromatic N) is 1. The molecular formula is C13H12ClF3N2. The zero-order valence-corrected chi connectivity index (χ0v) is 10.8. The van der Waals surface area contributed by atoms with E-state index < -0.39 is 16.9 Å². The zero-order chi connectivity index (χ0) is 13.7. The Morgan fingerprint density at radius 3 is 2.42 bits per heavy atom. The fraction of sp³-hybridized carbons (Fsp3) is 0.462. The van der Waals surface area contributed by atoms with E-state index in [-0.39, 0.29) is 0 Å². The molecule has 0 aromatic carbocycles. The summed E-state index contributed by atoms with van der Waals surface area (Å²) in [6, 6.07) is 2.35. The minimum atomic E-state index is -4.45. The highest BCUT2D eigenvalue weighted by Crippen LogP contribution is 2.48. The Kier molecular flexibility index (Phi) is 2.87. The van der Waals surface area contributed by atoms with E-state index in [4.69, 9.17) is 11.6 Å². The Morgan fingerprint density at radius 2 is 1.95 bits per heavy atom. The van der Waals surface area contributed by atoms with Crippen molar-refractivity contribution in [3.8, 4) is 0 Å². The van der Waals surface area contributed by atoms with Crippen molar-refractivity contribution in [1.29, 1.82) is 0 Å². The van der Waals surface area contributed by atoms with Crippen molar-refractivity contribution in [1.82, 2.24) is 10.3 Å². The molecule has 1 aliphatic carbocycles. The average Bonchev–Trinajstić information content (AvgIpc) is 2.18. The maximum atomic E-state index is 12.5. The fourth-order valence-electron chi connectivity index (χ4n) is 2.69. The Morgan fingerprint density at radius 1 is 1.26 bits per heavy atom. The highest BCUT2D eigenvalue weighted by molar-refractivity contribution is 6.30. The first-order valence-electron chi connectivity index (χ1n) is 6.02. The van der Waals surface area contributed by atoms with Crippen LogP contribution in [0.5, 0.6) is 0 Å². The van der Waals surface area contributed by atoms with Crippen LogP contribution < -0.4 is 5.32 Å². The molecule has 1 saturated carbocycles. The lowest BCUT2D eigenvalue weighted by Gasteiger charge is -2.51. The Balaban J connectivity index is 1.76. The van der Waals surface area contributed by atoms with Crippen molar-refractivity contribution >= 4 is 17.7 Å². The molecule has 102 valence electrons. The second-order valence-electron chi connectivity index (χ2n) is 5.33. The molecule has 6 heteroatoms. The van der Waals surface area contributed by atoms with Crippen molar-refractivity contribution in [2.45, 2.75) is 19.0 Å². The molecule has 1 spiro atoms. The van der Waals surface area contributed by atoms with Crippen LogP contribution in [-0.4, -0.2) is 18.1 Å². The zero-order valence-electron chi connectivity index (χ0n) is 10.0. The second kappa shape index (κ2) is 4.21. The molecule has 1 aromatic rings. The van der Waals surface area contributed by atoms with Crippen molar-refractivity contribution in [2.24, 2.45) is 5.41 Å². The Labute approximate surface area is 113 Å². The van der Waals surface area contributed by atoms with Gasteiger partial charge in [-0.3, -0.25) is 0 Å². The molecule has 1 N–H and O–H groups in total. The summed E-state index contributed by atoms with van der Waals surface area (Å²) in [5.74, 6) is 0. The number of nitrogens with one attached hydrogen (secondary N) is 1. The lowest BCUT2D eigenvalue weighted by atomic mass is 9.61. The van der Waals surface area contributed by atoms with Gasteiger partial charge in [-0.1, -0.05) is 17.2 Å². The van der Waals surface area contributed by atoms with Gasteiger partial charge in [0.2, 0.25) is 0 Å². The third-order valence-electron chi connectivity index (χ3n) is 3.73. The molecule has 0 radical (unpaired) electrons. The van der Waals surface area contributed by atoms with E-state index >= 15 is 0 Å². The molecular weight excluding hydrogens is 277 g/mol. The van der Waals surface area contributed by atoms with E-state index in [1.54, 1.807) is 0 Å². The first kappa shape index (κ1) is 12.9. The van der Waals surface area contributed by atoms with Crippen LogP contribution in [0.2, 0.25) is 5.15 Å². The molecule has 2 aliphatic rings. The third kappa shape index (κ3) is 2.37. The highest BCUT2D eigenvalue weighted by Gasteiger charge is 2.45. The molecule has 0 atom stereocenters. The quantitative estimate of drug-likeness (QED) is 0.800. The molecule has 1 aromatic heterocycles. The molecule has 3 rings (SSSR count). The van der Waals surface area contributed by atoms with Gasteiger partial charge in [-0.05, 0) is 31.1 Å². The predicted molar refractivity (Wildman–Crippen MR) is 66.8 cm³/mol. The van der Waals surface area contributed by atoms with Crippen LogP contribution in [0.25, 0.3) is 6.08 Å². The summed E-state index contributed by atoms with van der Waals surface area (Å²) in [7, 11) is 0. The van der Waals surface area contributed by atoms with Crippen LogP contribution >= 0.6 is 11.6 Å². The third-order valence-corrected chi connectivity index (χ3v) is 4.02. The molecule has 2 nitrogen and oxygen atoms in total. The van der Waals surface area contributed by atoms with Crippen molar-refractivity contribution in [2.75, 3.05) is 13.1 Å². The van der Waals surface area contributed by atoms with Crippen LogP contribution in [0.3, 0.4) is 0 Å². The van der Waals surface area contributed by atoms with Crippen LogP contribution in [0.15, 0.2) is 17.7 Å². The number of aromatic nitrogens is 1. The van der Waals surface area contributed by atoms with E-state index in [1.165, 1.54) is 11.6 Å². The molecule has 0 bridgehead atoms.